The van der Waals surface area contributed by atoms with Crippen LogP contribution >= 0.6 is 0 Å². The van der Waals surface area contributed by atoms with Crippen LogP contribution in [0.1, 0.15) is 17.0 Å². The SMILES string of the molecule is Cc1[nH]nc2nc3c(cc12)CCc1nc2c(cc1-3)c(=O)oc1ccccc12. The Kier molecular flexibility index (Phi) is 2.71. The second-order valence-electron chi connectivity index (χ2n) is 6.98. The lowest BCUT2D eigenvalue weighted by atomic mass is 9.91. The highest BCUT2D eigenvalue weighted by Crippen LogP contribution is 2.35. The highest BCUT2D eigenvalue weighted by atomic mass is 16.4. The van der Waals surface area contributed by atoms with E-state index in [1.54, 1.807) is 6.07 Å². The minimum atomic E-state index is -0.372. The van der Waals surface area contributed by atoms with E-state index in [2.05, 4.69) is 16.3 Å². The minimum absolute atomic E-state index is 0.372. The van der Waals surface area contributed by atoms with E-state index in [0.717, 1.165) is 51.8 Å². The van der Waals surface area contributed by atoms with E-state index in [0.29, 0.717) is 22.1 Å². The standard InChI is InChI=1S/C21H14N4O2/c1-10-13-8-11-6-7-16-14(18(11)23-20(13)25-24-10)9-15-19(22-16)12-4-2-3-5-17(12)27-21(15)26/h2-5,8-9H,6-7H2,1H3,(H,23,24,25). The molecule has 0 unspecified atom stereocenters. The van der Waals surface area contributed by atoms with Gasteiger partial charge in [0.1, 0.15) is 5.58 Å². The molecule has 130 valence electrons. The lowest BCUT2D eigenvalue weighted by molar-refractivity contribution is 0.569. The van der Waals surface area contributed by atoms with Crippen molar-refractivity contribution in [2.45, 2.75) is 19.8 Å². The van der Waals surface area contributed by atoms with Gasteiger partial charge in [-0.2, -0.15) is 5.10 Å². The van der Waals surface area contributed by atoms with Crippen molar-refractivity contribution in [3.05, 3.63) is 63.8 Å². The highest BCUT2D eigenvalue weighted by molar-refractivity contribution is 6.03. The Morgan fingerprint density at radius 1 is 1.04 bits per heavy atom. The number of aromatic amines is 1. The number of aryl methyl sites for hydroxylation is 3. The molecule has 6 nitrogen and oxygen atoms in total. The topological polar surface area (TPSA) is 84.7 Å². The molecule has 0 saturated heterocycles. The molecule has 27 heavy (non-hydrogen) atoms. The molecule has 0 fully saturated rings. The quantitative estimate of drug-likeness (QED) is 0.339. The third-order valence-corrected chi connectivity index (χ3v) is 5.37. The summed E-state index contributed by atoms with van der Waals surface area (Å²) < 4.78 is 5.49. The molecule has 1 aromatic carbocycles. The van der Waals surface area contributed by atoms with Crippen molar-refractivity contribution in [2.75, 3.05) is 0 Å². The van der Waals surface area contributed by atoms with E-state index in [-0.39, 0.29) is 5.63 Å². The Balaban J connectivity index is 1.71. The Bertz CT molecular complexity index is 1460. The fraction of sp³-hybridized carbons (Fsp3) is 0.143. The molecule has 0 atom stereocenters. The Labute approximate surface area is 152 Å². The molecule has 0 radical (unpaired) electrons. The van der Waals surface area contributed by atoms with Crippen LogP contribution in [0.25, 0.3) is 44.2 Å². The largest absolute Gasteiger partial charge is 0.422 e. The Morgan fingerprint density at radius 2 is 1.93 bits per heavy atom. The zero-order chi connectivity index (χ0) is 18.1. The zero-order valence-corrected chi connectivity index (χ0v) is 14.5. The van der Waals surface area contributed by atoms with Crippen LogP contribution in [-0.2, 0) is 12.8 Å². The summed E-state index contributed by atoms with van der Waals surface area (Å²) in [7, 11) is 0. The molecule has 4 heterocycles. The molecular formula is C21H14N4O2. The molecule has 4 aromatic heterocycles. The van der Waals surface area contributed by atoms with Crippen LogP contribution in [0.3, 0.4) is 0 Å². The molecule has 0 bridgehead atoms. The van der Waals surface area contributed by atoms with E-state index in [9.17, 15) is 4.79 Å². The van der Waals surface area contributed by atoms with Crippen molar-refractivity contribution in [2.24, 2.45) is 0 Å². The normalized spacial score (nSPS) is 13.2. The van der Waals surface area contributed by atoms with Gasteiger partial charge in [0.2, 0.25) is 0 Å². The summed E-state index contributed by atoms with van der Waals surface area (Å²) in [4.78, 5) is 22.2. The third kappa shape index (κ3) is 1.95. The van der Waals surface area contributed by atoms with Gasteiger partial charge in [0.15, 0.2) is 5.65 Å². The predicted molar refractivity (Wildman–Crippen MR) is 103 cm³/mol. The Hall–Kier alpha value is -3.54. The van der Waals surface area contributed by atoms with Crippen LogP contribution in [0, 0.1) is 6.92 Å². The molecule has 1 aliphatic carbocycles. The molecule has 0 saturated carbocycles. The molecule has 5 aromatic rings. The fourth-order valence-electron chi connectivity index (χ4n) is 3.99. The van der Waals surface area contributed by atoms with E-state index < -0.39 is 0 Å². The van der Waals surface area contributed by atoms with E-state index >= 15 is 0 Å². The summed E-state index contributed by atoms with van der Waals surface area (Å²) in [6.07, 6.45) is 1.69. The summed E-state index contributed by atoms with van der Waals surface area (Å²) in [6, 6.07) is 11.5. The lowest BCUT2D eigenvalue weighted by Crippen LogP contribution is -2.10. The molecular weight excluding hydrogens is 340 g/mol. The number of benzene rings is 1. The highest BCUT2D eigenvalue weighted by Gasteiger charge is 2.23. The first-order valence-electron chi connectivity index (χ1n) is 8.89. The average Bonchev–Trinajstić information content (AvgIpc) is 3.05. The van der Waals surface area contributed by atoms with Crippen LogP contribution in [0.4, 0.5) is 0 Å². The average molecular weight is 354 g/mol. The van der Waals surface area contributed by atoms with Gasteiger partial charge in [0, 0.05) is 22.0 Å². The maximum Gasteiger partial charge on any atom is 0.345 e. The predicted octanol–water partition coefficient (Wildman–Crippen LogP) is 3.69. The summed E-state index contributed by atoms with van der Waals surface area (Å²) in [5.74, 6) is 0. The number of nitrogens with zero attached hydrogens (tertiary/aromatic N) is 3. The smallest absolute Gasteiger partial charge is 0.345 e. The van der Waals surface area contributed by atoms with Gasteiger partial charge in [-0.05, 0) is 49.6 Å². The first-order valence-corrected chi connectivity index (χ1v) is 8.89. The second kappa shape index (κ2) is 5.01. The van der Waals surface area contributed by atoms with Gasteiger partial charge in [0.05, 0.1) is 22.3 Å². The van der Waals surface area contributed by atoms with Crippen molar-refractivity contribution in [1.82, 2.24) is 20.2 Å². The number of fused-ring (bicyclic) bond motifs is 7. The van der Waals surface area contributed by atoms with E-state index in [1.165, 1.54) is 0 Å². The fourth-order valence-corrected chi connectivity index (χ4v) is 3.99. The van der Waals surface area contributed by atoms with Gasteiger partial charge >= 0.3 is 5.63 Å². The van der Waals surface area contributed by atoms with Crippen molar-refractivity contribution < 1.29 is 4.42 Å². The van der Waals surface area contributed by atoms with Gasteiger partial charge in [-0.1, -0.05) is 12.1 Å². The lowest BCUT2D eigenvalue weighted by Gasteiger charge is -2.19. The number of hydrogen-bond donors (Lipinski definition) is 1. The molecule has 1 N–H and O–H groups in total. The molecule has 0 amide bonds. The monoisotopic (exact) mass is 354 g/mol. The molecule has 0 spiro atoms. The van der Waals surface area contributed by atoms with Gasteiger partial charge < -0.3 is 4.42 Å². The maximum atomic E-state index is 12.6. The number of aromatic nitrogens is 4. The van der Waals surface area contributed by atoms with E-state index in [1.807, 2.05) is 31.2 Å². The van der Waals surface area contributed by atoms with E-state index in [4.69, 9.17) is 14.4 Å². The summed E-state index contributed by atoms with van der Waals surface area (Å²) >= 11 is 0. The number of para-hydroxylation sites is 1. The zero-order valence-electron chi connectivity index (χ0n) is 14.5. The third-order valence-electron chi connectivity index (χ3n) is 5.37. The van der Waals surface area contributed by atoms with Crippen LogP contribution in [0.5, 0.6) is 0 Å². The van der Waals surface area contributed by atoms with Crippen LogP contribution < -0.4 is 5.63 Å². The van der Waals surface area contributed by atoms with Crippen molar-refractivity contribution in [1.29, 1.82) is 0 Å². The van der Waals surface area contributed by atoms with Crippen molar-refractivity contribution in [3.63, 3.8) is 0 Å². The molecule has 6 heteroatoms. The summed E-state index contributed by atoms with van der Waals surface area (Å²) in [5.41, 5.74) is 6.45. The summed E-state index contributed by atoms with van der Waals surface area (Å²) in [5, 5.41) is 9.65. The van der Waals surface area contributed by atoms with Crippen LogP contribution in [0.2, 0.25) is 0 Å². The number of rotatable bonds is 0. The second-order valence-corrected chi connectivity index (χ2v) is 6.98. The van der Waals surface area contributed by atoms with Crippen LogP contribution in [-0.4, -0.2) is 20.2 Å². The van der Waals surface area contributed by atoms with Gasteiger partial charge in [0.25, 0.3) is 0 Å². The minimum Gasteiger partial charge on any atom is -0.422 e. The molecule has 6 rings (SSSR count). The van der Waals surface area contributed by atoms with Crippen molar-refractivity contribution >= 4 is 32.9 Å². The molecule has 0 aliphatic heterocycles. The van der Waals surface area contributed by atoms with Gasteiger partial charge in [-0.3, -0.25) is 10.1 Å². The van der Waals surface area contributed by atoms with Gasteiger partial charge in [-0.25, -0.2) is 9.78 Å². The molecule has 1 aliphatic rings. The Morgan fingerprint density at radius 3 is 2.85 bits per heavy atom. The number of nitrogens with one attached hydrogen (secondary N) is 1. The number of pyridine rings is 2. The number of H-pyrrole nitrogens is 1. The first-order chi connectivity index (χ1) is 13.2. The van der Waals surface area contributed by atoms with Gasteiger partial charge in [-0.15, -0.1) is 0 Å². The number of hydrogen-bond acceptors (Lipinski definition) is 5. The van der Waals surface area contributed by atoms with Crippen molar-refractivity contribution in [3.8, 4) is 11.3 Å². The first kappa shape index (κ1) is 14.6. The van der Waals surface area contributed by atoms with Crippen LogP contribution in [0.15, 0.2) is 45.6 Å². The summed E-state index contributed by atoms with van der Waals surface area (Å²) in [6.45, 7) is 1.99. The maximum absolute atomic E-state index is 12.6.